The van der Waals surface area contributed by atoms with Gasteiger partial charge in [0.25, 0.3) is 5.91 Å². The molecule has 2 fully saturated rings. The minimum Gasteiger partial charge on any atom is -0.445 e. The highest BCUT2D eigenvalue weighted by atomic mass is 16.6. The van der Waals surface area contributed by atoms with Gasteiger partial charge < -0.3 is 31.3 Å². The number of anilines is 3. The molecule has 2 amide bonds. The predicted molar refractivity (Wildman–Crippen MR) is 146 cm³/mol. The Morgan fingerprint density at radius 3 is 2.35 bits per heavy atom. The predicted octanol–water partition coefficient (Wildman–Crippen LogP) is 4.18. The SMILES string of the molecule is CC1CN(c2ccc(C(=O)Nc3ccccc3N)cc2)CCN1C(=O)OCc1ccc([C@H]2C[C@@H]2N)cc1. The summed E-state index contributed by atoms with van der Waals surface area (Å²) in [5.74, 6) is 0.256. The van der Waals surface area contributed by atoms with Gasteiger partial charge in [0.15, 0.2) is 0 Å². The summed E-state index contributed by atoms with van der Waals surface area (Å²) in [7, 11) is 0. The summed E-state index contributed by atoms with van der Waals surface area (Å²) in [6.45, 7) is 4.20. The van der Waals surface area contributed by atoms with E-state index in [4.69, 9.17) is 16.2 Å². The number of amides is 2. The average molecular weight is 500 g/mol. The van der Waals surface area contributed by atoms with Crippen LogP contribution in [0.1, 0.15) is 40.7 Å². The molecule has 1 aliphatic heterocycles. The molecule has 3 atom stereocenters. The lowest BCUT2D eigenvalue weighted by Crippen LogP contribution is -2.54. The number of nitrogens with one attached hydrogen (secondary N) is 1. The van der Waals surface area contributed by atoms with Crippen molar-refractivity contribution in [3.8, 4) is 0 Å². The second kappa shape index (κ2) is 10.5. The summed E-state index contributed by atoms with van der Waals surface area (Å²) in [5, 5.41) is 2.85. The number of piperazine rings is 1. The fourth-order valence-electron chi connectivity index (χ4n) is 4.78. The largest absolute Gasteiger partial charge is 0.445 e. The van der Waals surface area contributed by atoms with Crippen LogP contribution in [0.15, 0.2) is 72.8 Å². The second-order valence-corrected chi connectivity index (χ2v) is 9.88. The number of ether oxygens (including phenoxy) is 1. The van der Waals surface area contributed by atoms with Crippen LogP contribution >= 0.6 is 0 Å². The van der Waals surface area contributed by atoms with Crippen LogP contribution < -0.4 is 21.7 Å². The molecule has 1 aliphatic carbocycles. The van der Waals surface area contributed by atoms with Crippen molar-refractivity contribution in [3.05, 3.63) is 89.5 Å². The summed E-state index contributed by atoms with van der Waals surface area (Å²) in [6, 6.07) is 23.1. The summed E-state index contributed by atoms with van der Waals surface area (Å²) >= 11 is 0. The quantitative estimate of drug-likeness (QED) is 0.439. The fraction of sp³-hybridized carbons (Fsp3) is 0.310. The van der Waals surface area contributed by atoms with Gasteiger partial charge in [-0.25, -0.2) is 4.79 Å². The number of para-hydroxylation sites is 2. The molecule has 0 bridgehead atoms. The van der Waals surface area contributed by atoms with Crippen LogP contribution in [0.5, 0.6) is 0 Å². The van der Waals surface area contributed by atoms with Crippen LogP contribution in [0.3, 0.4) is 0 Å². The molecule has 5 N–H and O–H groups in total. The molecule has 8 heteroatoms. The van der Waals surface area contributed by atoms with Gasteiger partial charge in [-0.15, -0.1) is 0 Å². The standard InChI is InChI=1S/C29H33N5O3/c1-19-17-33(23-12-10-22(11-13-23)28(35)32-27-5-3-2-4-25(27)30)14-15-34(19)29(36)37-18-20-6-8-21(9-7-20)24-16-26(24)31/h2-13,19,24,26H,14-18,30-31H2,1H3,(H,32,35)/t19?,24-,26+/m1/s1. The van der Waals surface area contributed by atoms with Gasteiger partial charge in [-0.05, 0) is 60.9 Å². The molecule has 37 heavy (non-hydrogen) atoms. The topological polar surface area (TPSA) is 114 Å². The molecular formula is C29H33N5O3. The molecule has 0 radical (unpaired) electrons. The summed E-state index contributed by atoms with van der Waals surface area (Å²) in [6.07, 6.45) is 0.745. The molecule has 5 rings (SSSR count). The van der Waals surface area contributed by atoms with Crippen molar-refractivity contribution < 1.29 is 14.3 Å². The van der Waals surface area contributed by atoms with Crippen molar-refractivity contribution in [2.75, 3.05) is 35.6 Å². The van der Waals surface area contributed by atoms with Crippen LogP contribution in [0.4, 0.5) is 21.9 Å². The lowest BCUT2D eigenvalue weighted by Gasteiger charge is -2.40. The third-order valence-corrected chi connectivity index (χ3v) is 7.18. The molecule has 0 spiro atoms. The number of hydrogen-bond acceptors (Lipinski definition) is 6. The number of nitrogens with zero attached hydrogens (tertiary/aromatic N) is 2. The Morgan fingerprint density at radius 2 is 1.70 bits per heavy atom. The van der Waals surface area contributed by atoms with Gasteiger partial charge in [-0.3, -0.25) is 4.79 Å². The molecule has 1 saturated carbocycles. The van der Waals surface area contributed by atoms with E-state index in [1.165, 1.54) is 5.56 Å². The van der Waals surface area contributed by atoms with Crippen molar-refractivity contribution in [1.29, 1.82) is 0 Å². The Balaban J connectivity index is 1.11. The van der Waals surface area contributed by atoms with E-state index in [-0.39, 0.29) is 30.7 Å². The first-order valence-corrected chi connectivity index (χ1v) is 12.7. The zero-order valence-electron chi connectivity index (χ0n) is 21.0. The van der Waals surface area contributed by atoms with Gasteiger partial charge in [0.05, 0.1) is 11.4 Å². The Morgan fingerprint density at radius 1 is 1.00 bits per heavy atom. The van der Waals surface area contributed by atoms with Gasteiger partial charge in [-0.1, -0.05) is 36.4 Å². The minimum absolute atomic E-state index is 0.0102. The first-order chi connectivity index (χ1) is 17.9. The molecule has 3 aromatic rings. The van der Waals surface area contributed by atoms with E-state index < -0.39 is 0 Å². The van der Waals surface area contributed by atoms with E-state index >= 15 is 0 Å². The van der Waals surface area contributed by atoms with Gasteiger partial charge in [0.2, 0.25) is 0 Å². The first kappa shape index (κ1) is 24.6. The van der Waals surface area contributed by atoms with E-state index in [1.54, 1.807) is 29.2 Å². The molecule has 0 aromatic heterocycles. The molecule has 3 aromatic carbocycles. The van der Waals surface area contributed by atoms with Crippen LogP contribution in [0, 0.1) is 0 Å². The number of benzene rings is 3. The molecule has 192 valence electrons. The number of carbonyl (C=O) groups excluding carboxylic acids is 2. The lowest BCUT2D eigenvalue weighted by molar-refractivity contribution is 0.0794. The van der Waals surface area contributed by atoms with Crippen LogP contribution in [0.2, 0.25) is 0 Å². The Bertz CT molecular complexity index is 1260. The molecule has 8 nitrogen and oxygen atoms in total. The maximum absolute atomic E-state index is 12.8. The van der Waals surface area contributed by atoms with Gasteiger partial charge >= 0.3 is 6.09 Å². The van der Waals surface area contributed by atoms with Crippen molar-refractivity contribution in [1.82, 2.24) is 4.90 Å². The highest BCUT2D eigenvalue weighted by Gasteiger charge is 2.34. The van der Waals surface area contributed by atoms with E-state index in [0.29, 0.717) is 42.5 Å². The Labute approximate surface area is 217 Å². The summed E-state index contributed by atoms with van der Waals surface area (Å²) in [5.41, 5.74) is 16.7. The maximum Gasteiger partial charge on any atom is 0.410 e. The van der Waals surface area contributed by atoms with Crippen molar-refractivity contribution in [3.63, 3.8) is 0 Å². The minimum atomic E-state index is -0.298. The third-order valence-electron chi connectivity index (χ3n) is 7.18. The average Bonchev–Trinajstić information content (AvgIpc) is 3.65. The van der Waals surface area contributed by atoms with Crippen LogP contribution in [-0.2, 0) is 11.3 Å². The zero-order chi connectivity index (χ0) is 25.9. The summed E-state index contributed by atoms with van der Waals surface area (Å²) in [4.78, 5) is 29.4. The third kappa shape index (κ3) is 5.70. The number of carbonyl (C=O) groups is 2. The number of hydrogen-bond donors (Lipinski definition) is 3. The highest BCUT2D eigenvalue weighted by molar-refractivity contribution is 6.05. The first-order valence-electron chi connectivity index (χ1n) is 12.7. The van der Waals surface area contributed by atoms with Gasteiger partial charge in [0.1, 0.15) is 6.61 Å². The maximum atomic E-state index is 12.8. The molecule has 1 heterocycles. The van der Waals surface area contributed by atoms with Crippen molar-refractivity contribution in [2.45, 2.75) is 38.0 Å². The van der Waals surface area contributed by atoms with Crippen LogP contribution in [-0.4, -0.2) is 48.6 Å². The molecule has 1 unspecified atom stereocenters. The van der Waals surface area contributed by atoms with E-state index in [9.17, 15) is 9.59 Å². The number of rotatable bonds is 6. The van der Waals surface area contributed by atoms with Gasteiger partial charge in [-0.2, -0.15) is 0 Å². The zero-order valence-corrected chi connectivity index (χ0v) is 21.0. The lowest BCUT2D eigenvalue weighted by atomic mass is 10.1. The van der Waals surface area contributed by atoms with E-state index in [0.717, 1.165) is 17.7 Å². The molecule has 1 saturated heterocycles. The number of nitrogen functional groups attached to an aromatic ring is 1. The van der Waals surface area contributed by atoms with Crippen LogP contribution in [0.25, 0.3) is 0 Å². The van der Waals surface area contributed by atoms with E-state index in [2.05, 4.69) is 22.3 Å². The molecule has 2 aliphatic rings. The smallest absolute Gasteiger partial charge is 0.410 e. The second-order valence-electron chi connectivity index (χ2n) is 9.88. The van der Waals surface area contributed by atoms with Gasteiger partial charge in [0, 0.05) is 48.9 Å². The highest BCUT2D eigenvalue weighted by Crippen LogP contribution is 2.38. The Hall–Kier alpha value is -4.04. The van der Waals surface area contributed by atoms with Crippen molar-refractivity contribution in [2.24, 2.45) is 5.73 Å². The van der Waals surface area contributed by atoms with Crippen molar-refractivity contribution >= 4 is 29.1 Å². The Kier molecular flexibility index (Phi) is 7.01. The monoisotopic (exact) mass is 499 g/mol. The number of nitrogens with two attached hydrogens (primary N) is 2. The molecular weight excluding hydrogens is 466 g/mol. The summed E-state index contributed by atoms with van der Waals surface area (Å²) < 4.78 is 5.61. The fourth-order valence-corrected chi connectivity index (χ4v) is 4.78. The van der Waals surface area contributed by atoms with E-state index in [1.807, 2.05) is 43.3 Å². The normalized spacial score (nSPS) is 20.9.